The Bertz CT molecular complexity index is 1140. The van der Waals surface area contributed by atoms with Crippen LogP contribution in [0.5, 0.6) is 11.5 Å². The third-order valence-electron chi connectivity index (χ3n) is 5.94. The number of ether oxygens (including phenoxy) is 2. The lowest BCUT2D eigenvalue weighted by atomic mass is 9.73. The van der Waals surface area contributed by atoms with Gasteiger partial charge in [0.15, 0.2) is 5.75 Å². The van der Waals surface area contributed by atoms with Crippen molar-refractivity contribution in [3.8, 4) is 11.5 Å². The van der Waals surface area contributed by atoms with Crippen molar-refractivity contribution in [1.82, 2.24) is 0 Å². The van der Waals surface area contributed by atoms with Crippen LogP contribution in [-0.2, 0) is 14.9 Å². The molecule has 0 aliphatic carbocycles. The summed E-state index contributed by atoms with van der Waals surface area (Å²) in [5.74, 6) is 0.654. The molecule has 0 radical (unpaired) electrons. The van der Waals surface area contributed by atoms with Gasteiger partial charge in [-0.3, -0.25) is 9.59 Å². The minimum Gasteiger partial charge on any atom is -0.454 e. The molecule has 0 aromatic heterocycles. The van der Waals surface area contributed by atoms with Crippen LogP contribution in [0.3, 0.4) is 0 Å². The zero-order valence-electron chi connectivity index (χ0n) is 16.9. The van der Waals surface area contributed by atoms with Crippen LogP contribution < -0.4 is 15.4 Å². The summed E-state index contributed by atoms with van der Waals surface area (Å²) in [6.07, 6.45) is 1.21. The number of hydrogen-bond donors (Lipinski definition) is 2. The molecule has 2 heterocycles. The topological polar surface area (TPSA) is 76.7 Å². The van der Waals surface area contributed by atoms with E-state index < -0.39 is 5.41 Å². The van der Waals surface area contributed by atoms with Crippen molar-refractivity contribution >= 4 is 23.2 Å². The molecule has 2 N–H and O–H groups in total. The number of hydrogen-bond acceptors (Lipinski definition) is 4. The molecule has 31 heavy (non-hydrogen) atoms. The molecule has 0 bridgehead atoms. The third kappa shape index (κ3) is 3.55. The quantitative estimate of drug-likeness (QED) is 0.650. The summed E-state index contributed by atoms with van der Waals surface area (Å²) in [4.78, 5) is 26.3. The first-order valence-electron chi connectivity index (χ1n) is 10.3. The molecule has 2 aliphatic rings. The summed E-state index contributed by atoms with van der Waals surface area (Å²) in [5, 5.41) is 5.90. The number of nitrogens with one attached hydrogen (secondary N) is 2. The minimum atomic E-state index is -0.665. The van der Waals surface area contributed by atoms with E-state index in [0.717, 1.165) is 5.56 Å². The Hall–Kier alpha value is -3.64. The van der Waals surface area contributed by atoms with Gasteiger partial charge in [0, 0.05) is 18.9 Å². The van der Waals surface area contributed by atoms with Gasteiger partial charge < -0.3 is 20.1 Å². The summed E-state index contributed by atoms with van der Waals surface area (Å²) in [7, 11) is 0. The number of rotatable bonds is 3. The third-order valence-corrected chi connectivity index (χ3v) is 5.94. The van der Waals surface area contributed by atoms with Crippen molar-refractivity contribution in [2.75, 3.05) is 23.8 Å². The number of benzene rings is 3. The van der Waals surface area contributed by atoms with Crippen molar-refractivity contribution in [2.24, 2.45) is 0 Å². The fourth-order valence-corrected chi connectivity index (χ4v) is 4.22. The van der Waals surface area contributed by atoms with Gasteiger partial charge in [-0.15, -0.1) is 0 Å². The van der Waals surface area contributed by atoms with Crippen LogP contribution in [0.1, 0.15) is 28.8 Å². The van der Waals surface area contributed by atoms with Crippen LogP contribution in [0.2, 0.25) is 0 Å². The van der Waals surface area contributed by atoms with Crippen molar-refractivity contribution in [3.63, 3.8) is 0 Å². The largest absolute Gasteiger partial charge is 0.454 e. The maximum atomic E-state index is 13.5. The van der Waals surface area contributed by atoms with Gasteiger partial charge in [0.2, 0.25) is 5.91 Å². The van der Waals surface area contributed by atoms with Crippen molar-refractivity contribution in [3.05, 3.63) is 83.9 Å². The lowest BCUT2D eigenvalue weighted by Crippen LogP contribution is -2.44. The molecule has 0 spiro atoms. The molecule has 0 atom stereocenters. The summed E-state index contributed by atoms with van der Waals surface area (Å²) in [6.45, 7) is 1.06. The van der Waals surface area contributed by atoms with Gasteiger partial charge in [0.1, 0.15) is 5.75 Å². The maximum absolute atomic E-state index is 13.5. The molecule has 0 saturated carbocycles. The molecular formula is C25H22N2O4. The number of anilines is 2. The molecule has 6 nitrogen and oxygen atoms in total. The van der Waals surface area contributed by atoms with Crippen LogP contribution >= 0.6 is 0 Å². The summed E-state index contributed by atoms with van der Waals surface area (Å²) >= 11 is 0. The van der Waals surface area contributed by atoms with Crippen LogP contribution in [0.4, 0.5) is 11.4 Å². The fraction of sp³-hybridized carbons (Fsp3) is 0.200. The van der Waals surface area contributed by atoms with Gasteiger partial charge in [-0.05, 0) is 48.7 Å². The molecule has 2 aliphatic heterocycles. The molecule has 0 unspecified atom stereocenters. The second-order valence-corrected chi connectivity index (χ2v) is 7.78. The first-order chi connectivity index (χ1) is 15.2. The molecule has 5 rings (SSSR count). The second kappa shape index (κ2) is 7.89. The SMILES string of the molecule is O=C1Nc2ccccc2Oc2ccc(NC(=O)C3(c4ccccc4)CCOCC3)cc21. The van der Waals surface area contributed by atoms with E-state index >= 15 is 0 Å². The van der Waals surface area contributed by atoms with Crippen molar-refractivity contribution in [1.29, 1.82) is 0 Å². The smallest absolute Gasteiger partial charge is 0.259 e. The average molecular weight is 414 g/mol. The predicted molar refractivity (Wildman–Crippen MR) is 118 cm³/mol. The van der Waals surface area contributed by atoms with Crippen molar-refractivity contribution in [2.45, 2.75) is 18.3 Å². The van der Waals surface area contributed by atoms with Crippen LogP contribution in [0.15, 0.2) is 72.8 Å². The van der Waals surface area contributed by atoms with Gasteiger partial charge in [0.05, 0.1) is 16.7 Å². The van der Waals surface area contributed by atoms with E-state index in [1.54, 1.807) is 30.3 Å². The van der Waals surface area contributed by atoms with E-state index in [4.69, 9.17) is 9.47 Å². The van der Waals surface area contributed by atoms with Crippen LogP contribution in [0.25, 0.3) is 0 Å². The normalized spacial score (nSPS) is 16.7. The Morgan fingerprint density at radius 3 is 2.45 bits per heavy atom. The first-order valence-corrected chi connectivity index (χ1v) is 10.3. The number of fused-ring (bicyclic) bond motifs is 2. The van der Waals surface area contributed by atoms with Gasteiger partial charge in [-0.1, -0.05) is 42.5 Å². The number of carbonyl (C=O) groups excluding carboxylic acids is 2. The fourth-order valence-electron chi connectivity index (χ4n) is 4.22. The number of carbonyl (C=O) groups is 2. The van der Waals surface area contributed by atoms with E-state index in [0.29, 0.717) is 54.5 Å². The average Bonchev–Trinajstić information content (AvgIpc) is 2.95. The molecule has 3 aromatic rings. The number of para-hydroxylation sites is 2. The van der Waals surface area contributed by atoms with E-state index in [9.17, 15) is 9.59 Å². The number of amides is 2. The highest BCUT2D eigenvalue weighted by Gasteiger charge is 2.41. The van der Waals surface area contributed by atoms with E-state index in [-0.39, 0.29) is 11.8 Å². The van der Waals surface area contributed by atoms with E-state index in [2.05, 4.69) is 10.6 Å². The Morgan fingerprint density at radius 1 is 0.903 bits per heavy atom. The van der Waals surface area contributed by atoms with Gasteiger partial charge in [0.25, 0.3) is 5.91 Å². The lowest BCUT2D eigenvalue weighted by molar-refractivity contribution is -0.125. The van der Waals surface area contributed by atoms with E-state index in [1.807, 2.05) is 42.5 Å². The van der Waals surface area contributed by atoms with Gasteiger partial charge in [-0.2, -0.15) is 0 Å². The Morgan fingerprint density at radius 2 is 1.65 bits per heavy atom. The zero-order valence-corrected chi connectivity index (χ0v) is 16.9. The van der Waals surface area contributed by atoms with Crippen LogP contribution in [0, 0.1) is 0 Å². The Labute approximate surface area is 180 Å². The Kier molecular flexibility index (Phi) is 4.92. The molecule has 6 heteroatoms. The first kappa shape index (κ1) is 19.3. The summed E-state index contributed by atoms with van der Waals surface area (Å²) in [6, 6.07) is 22.2. The van der Waals surface area contributed by atoms with Gasteiger partial charge in [-0.25, -0.2) is 0 Å². The Balaban J connectivity index is 1.45. The minimum absolute atomic E-state index is 0.0971. The van der Waals surface area contributed by atoms with Crippen molar-refractivity contribution < 1.29 is 19.1 Å². The van der Waals surface area contributed by atoms with Crippen LogP contribution in [-0.4, -0.2) is 25.0 Å². The molecular weight excluding hydrogens is 392 g/mol. The highest BCUT2D eigenvalue weighted by molar-refractivity contribution is 6.09. The van der Waals surface area contributed by atoms with Gasteiger partial charge >= 0.3 is 0 Å². The summed E-state index contributed by atoms with van der Waals surface area (Å²) < 4.78 is 11.5. The second-order valence-electron chi connectivity index (χ2n) is 7.78. The maximum Gasteiger partial charge on any atom is 0.259 e. The van der Waals surface area contributed by atoms with E-state index in [1.165, 1.54) is 0 Å². The lowest BCUT2D eigenvalue weighted by Gasteiger charge is -2.36. The standard InChI is InChI=1S/C25H22N2O4/c28-23-19-16-18(10-11-21(19)31-22-9-5-4-8-20(22)27-23)26-24(29)25(12-14-30-15-13-25)17-6-2-1-3-7-17/h1-11,16H,12-15H2,(H,26,29)(H,27,28). The zero-order chi connectivity index (χ0) is 21.3. The predicted octanol–water partition coefficient (Wildman–Crippen LogP) is 4.73. The summed E-state index contributed by atoms with van der Waals surface area (Å²) in [5.41, 5.74) is 1.84. The molecule has 156 valence electrons. The highest BCUT2D eigenvalue weighted by Crippen LogP contribution is 2.38. The molecule has 2 amide bonds. The molecule has 1 saturated heterocycles. The highest BCUT2D eigenvalue weighted by atomic mass is 16.5. The molecule has 3 aromatic carbocycles. The molecule has 1 fully saturated rings. The monoisotopic (exact) mass is 414 g/mol.